The Kier molecular flexibility index (Phi) is 10.1. The monoisotopic (exact) mass is 273 g/mol. The van der Waals surface area contributed by atoms with Crippen LogP contribution in [-0.4, -0.2) is 47.8 Å². The van der Waals surface area contributed by atoms with E-state index >= 15 is 0 Å². The smallest absolute Gasteiger partial charge is 0.0459 e. The Balaban J connectivity index is 1.93. The van der Waals surface area contributed by atoms with E-state index in [2.05, 4.69) is 23.6 Å². The third-order valence-electron chi connectivity index (χ3n) is 3.91. The van der Waals surface area contributed by atoms with Gasteiger partial charge in [0.25, 0.3) is 0 Å². The van der Waals surface area contributed by atoms with Crippen molar-refractivity contribution in [2.75, 3.05) is 37.7 Å². The molecule has 0 radical (unpaired) electrons. The molecule has 3 heteroatoms. The number of thioether (sulfide) groups is 1. The lowest BCUT2D eigenvalue weighted by atomic mass is 9.96. The molecule has 2 nitrogen and oxygen atoms in total. The van der Waals surface area contributed by atoms with Crippen LogP contribution in [0.2, 0.25) is 0 Å². The number of rotatable bonds is 10. The third-order valence-corrected chi connectivity index (χ3v) is 4.86. The summed E-state index contributed by atoms with van der Waals surface area (Å²) in [6.07, 6.45) is 8.96. The molecule has 0 aromatic carbocycles. The van der Waals surface area contributed by atoms with Gasteiger partial charge in [-0.15, -0.1) is 0 Å². The highest BCUT2D eigenvalue weighted by molar-refractivity contribution is 7.99. The van der Waals surface area contributed by atoms with E-state index in [1.165, 1.54) is 76.1 Å². The lowest BCUT2D eigenvalue weighted by Crippen LogP contribution is -2.33. The fourth-order valence-electron chi connectivity index (χ4n) is 2.59. The fraction of sp³-hybridized carbons (Fsp3) is 1.00. The van der Waals surface area contributed by atoms with Gasteiger partial charge in [-0.05, 0) is 31.7 Å². The number of unbranched alkanes of at least 4 members (excludes halogenated alkanes) is 3. The largest absolute Gasteiger partial charge is 0.396 e. The molecular weight excluding hydrogens is 242 g/mol. The van der Waals surface area contributed by atoms with Crippen molar-refractivity contribution in [3.63, 3.8) is 0 Å². The molecule has 1 aliphatic heterocycles. The highest BCUT2D eigenvalue weighted by atomic mass is 32.2. The lowest BCUT2D eigenvalue weighted by Gasteiger charge is -2.26. The van der Waals surface area contributed by atoms with Crippen LogP contribution in [0.25, 0.3) is 0 Å². The maximum absolute atomic E-state index is 9.30. The molecular formula is C15H31NOS. The molecule has 1 heterocycles. The Morgan fingerprint density at radius 3 is 2.44 bits per heavy atom. The van der Waals surface area contributed by atoms with Gasteiger partial charge in [0.2, 0.25) is 0 Å². The standard InChI is InChI=1S/C15H31NOS/c1-2-3-7-15(14-17)8-5-4-6-9-16-10-12-18-13-11-16/h15,17H,2-14H2,1H3/t15-/m1/s1. The third kappa shape index (κ3) is 7.65. The van der Waals surface area contributed by atoms with Crippen LogP contribution in [0.5, 0.6) is 0 Å². The summed E-state index contributed by atoms with van der Waals surface area (Å²) in [5.41, 5.74) is 0. The summed E-state index contributed by atoms with van der Waals surface area (Å²) < 4.78 is 0. The second kappa shape index (κ2) is 11.1. The maximum atomic E-state index is 9.30. The zero-order valence-electron chi connectivity index (χ0n) is 12.1. The first-order valence-electron chi connectivity index (χ1n) is 7.77. The van der Waals surface area contributed by atoms with Crippen molar-refractivity contribution < 1.29 is 5.11 Å². The SMILES string of the molecule is CCCC[C@@H](CO)CCCCCN1CCSCC1. The van der Waals surface area contributed by atoms with E-state index in [1.807, 2.05) is 0 Å². The van der Waals surface area contributed by atoms with E-state index in [0.717, 1.165) is 0 Å². The normalized spacial score (nSPS) is 19.0. The quantitative estimate of drug-likeness (QED) is 0.617. The van der Waals surface area contributed by atoms with Crippen LogP contribution in [-0.2, 0) is 0 Å². The van der Waals surface area contributed by atoms with Crippen molar-refractivity contribution in [2.24, 2.45) is 5.92 Å². The van der Waals surface area contributed by atoms with Crippen molar-refractivity contribution in [1.29, 1.82) is 0 Å². The molecule has 0 aliphatic carbocycles. The molecule has 108 valence electrons. The van der Waals surface area contributed by atoms with Crippen LogP contribution in [0.3, 0.4) is 0 Å². The lowest BCUT2D eigenvalue weighted by molar-refractivity contribution is 0.204. The highest BCUT2D eigenvalue weighted by Gasteiger charge is 2.10. The summed E-state index contributed by atoms with van der Waals surface area (Å²) in [7, 11) is 0. The van der Waals surface area contributed by atoms with E-state index in [4.69, 9.17) is 0 Å². The predicted molar refractivity (Wildman–Crippen MR) is 82.3 cm³/mol. The van der Waals surface area contributed by atoms with Crippen molar-refractivity contribution in [3.8, 4) is 0 Å². The average molecular weight is 273 g/mol. The zero-order valence-corrected chi connectivity index (χ0v) is 12.9. The summed E-state index contributed by atoms with van der Waals surface area (Å²) in [5.74, 6) is 3.21. The van der Waals surface area contributed by atoms with E-state index in [1.54, 1.807) is 0 Å². The summed E-state index contributed by atoms with van der Waals surface area (Å²) in [6, 6.07) is 0. The van der Waals surface area contributed by atoms with E-state index in [-0.39, 0.29) is 0 Å². The minimum atomic E-state index is 0.392. The molecule has 1 fully saturated rings. The van der Waals surface area contributed by atoms with Crippen LogP contribution in [0.15, 0.2) is 0 Å². The number of hydrogen-bond donors (Lipinski definition) is 1. The van der Waals surface area contributed by atoms with Gasteiger partial charge in [0, 0.05) is 31.2 Å². The van der Waals surface area contributed by atoms with Crippen molar-refractivity contribution in [3.05, 3.63) is 0 Å². The van der Waals surface area contributed by atoms with E-state index in [9.17, 15) is 5.11 Å². The molecule has 0 saturated carbocycles. The van der Waals surface area contributed by atoms with Gasteiger partial charge in [0.1, 0.15) is 0 Å². The van der Waals surface area contributed by atoms with E-state index in [0.29, 0.717) is 12.5 Å². The summed E-state index contributed by atoms with van der Waals surface area (Å²) in [5, 5.41) is 9.30. The summed E-state index contributed by atoms with van der Waals surface area (Å²) >= 11 is 2.09. The first-order chi connectivity index (χ1) is 8.86. The zero-order chi connectivity index (χ0) is 13.1. The van der Waals surface area contributed by atoms with Crippen molar-refractivity contribution in [1.82, 2.24) is 4.90 Å². The van der Waals surface area contributed by atoms with Gasteiger partial charge in [0.15, 0.2) is 0 Å². The predicted octanol–water partition coefficient (Wildman–Crippen LogP) is 3.39. The minimum Gasteiger partial charge on any atom is -0.396 e. The second-order valence-corrected chi connectivity index (χ2v) is 6.72. The molecule has 18 heavy (non-hydrogen) atoms. The van der Waals surface area contributed by atoms with Crippen LogP contribution in [0.1, 0.15) is 51.9 Å². The van der Waals surface area contributed by atoms with Crippen molar-refractivity contribution in [2.45, 2.75) is 51.9 Å². The highest BCUT2D eigenvalue weighted by Crippen LogP contribution is 2.16. The van der Waals surface area contributed by atoms with Crippen LogP contribution < -0.4 is 0 Å². The van der Waals surface area contributed by atoms with Gasteiger partial charge in [-0.2, -0.15) is 11.8 Å². The van der Waals surface area contributed by atoms with E-state index < -0.39 is 0 Å². The number of hydrogen-bond acceptors (Lipinski definition) is 3. The molecule has 0 aromatic rings. The minimum absolute atomic E-state index is 0.392. The van der Waals surface area contributed by atoms with Crippen molar-refractivity contribution >= 4 is 11.8 Å². The molecule has 0 bridgehead atoms. The number of nitrogens with zero attached hydrogens (tertiary/aromatic N) is 1. The average Bonchev–Trinajstić information content (AvgIpc) is 2.43. The van der Waals surface area contributed by atoms with Crippen LogP contribution >= 0.6 is 11.8 Å². The molecule has 1 atom stereocenters. The molecule has 0 unspecified atom stereocenters. The molecule has 0 aromatic heterocycles. The first-order valence-corrected chi connectivity index (χ1v) is 8.93. The first kappa shape index (κ1) is 16.3. The second-order valence-electron chi connectivity index (χ2n) is 5.49. The molecule has 1 rings (SSSR count). The Bertz CT molecular complexity index is 183. The molecule has 0 spiro atoms. The Morgan fingerprint density at radius 2 is 1.78 bits per heavy atom. The maximum Gasteiger partial charge on any atom is 0.0459 e. The fourth-order valence-corrected chi connectivity index (χ4v) is 3.57. The Morgan fingerprint density at radius 1 is 1.06 bits per heavy atom. The van der Waals surface area contributed by atoms with Gasteiger partial charge in [-0.25, -0.2) is 0 Å². The molecule has 1 aliphatic rings. The van der Waals surface area contributed by atoms with Gasteiger partial charge in [-0.1, -0.05) is 32.6 Å². The van der Waals surface area contributed by atoms with Gasteiger partial charge in [-0.3, -0.25) is 0 Å². The van der Waals surface area contributed by atoms with Crippen LogP contribution in [0, 0.1) is 5.92 Å². The number of aliphatic hydroxyl groups excluding tert-OH is 1. The Hall–Kier alpha value is 0.270. The Labute approximate surface area is 118 Å². The molecule has 1 N–H and O–H groups in total. The number of aliphatic hydroxyl groups is 1. The summed E-state index contributed by atoms with van der Waals surface area (Å²) in [6.45, 7) is 6.49. The molecule has 1 saturated heterocycles. The van der Waals surface area contributed by atoms with Gasteiger partial charge >= 0.3 is 0 Å². The van der Waals surface area contributed by atoms with Crippen LogP contribution in [0.4, 0.5) is 0 Å². The summed E-state index contributed by atoms with van der Waals surface area (Å²) in [4.78, 5) is 2.61. The van der Waals surface area contributed by atoms with Gasteiger partial charge in [0.05, 0.1) is 0 Å². The topological polar surface area (TPSA) is 23.5 Å². The molecule has 0 amide bonds. The van der Waals surface area contributed by atoms with Gasteiger partial charge < -0.3 is 10.0 Å².